The van der Waals surface area contributed by atoms with Gasteiger partial charge in [0.15, 0.2) is 5.82 Å². The average molecular weight is 470 g/mol. The number of carbonyl (C=O) groups excluding carboxylic acids is 1. The van der Waals surface area contributed by atoms with E-state index in [-0.39, 0.29) is 11.9 Å². The lowest BCUT2D eigenvalue weighted by Gasteiger charge is -2.13. The van der Waals surface area contributed by atoms with E-state index < -0.39 is 41.0 Å². The third kappa shape index (κ3) is 6.14. The van der Waals surface area contributed by atoms with Crippen LogP contribution in [-0.4, -0.2) is 30.6 Å². The largest absolute Gasteiger partial charge is 0.416 e. The number of hydrogen-bond donors (Lipinski definition) is 1. The van der Waals surface area contributed by atoms with Crippen LogP contribution >= 0.6 is 0 Å². The maximum Gasteiger partial charge on any atom is 0.416 e. The van der Waals surface area contributed by atoms with Gasteiger partial charge < -0.3 is 5.32 Å². The Kier molecular flexibility index (Phi) is 6.51. The summed E-state index contributed by atoms with van der Waals surface area (Å²) < 4.78 is 79.2. The molecule has 13 heteroatoms. The van der Waals surface area contributed by atoms with Gasteiger partial charge in [-0.3, -0.25) is 4.79 Å². The molecule has 0 aliphatic heterocycles. The van der Waals surface area contributed by atoms with Crippen molar-refractivity contribution in [2.24, 2.45) is 0 Å². The molecule has 2 heterocycles. The van der Waals surface area contributed by atoms with Gasteiger partial charge in [-0.2, -0.15) is 26.3 Å². The molecule has 3 aromatic rings. The minimum Gasteiger partial charge on any atom is -0.343 e. The fourth-order valence-electron chi connectivity index (χ4n) is 2.66. The van der Waals surface area contributed by atoms with E-state index in [2.05, 4.69) is 25.4 Å². The van der Waals surface area contributed by atoms with Crippen LogP contribution in [0.3, 0.4) is 0 Å². The van der Waals surface area contributed by atoms with E-state index in [1.165, 1.54) is 0 Å². The van der Waals surface area contributed by atoms with E-state index in [1.807, 2.05) is 6.92 Å². The molecule has 0 fully saturated rings. The summed E-state index contributed by atoms with van der Waals surface area (Å²) >= 11 is 0. The summed E-state index contributed by atoms with van der Waals surface area (Å²) in [4.78, 5) is 24.0. The van der Waals surface area contributed by atoms with Gasteiger partial charge in [0, 0.05) is 30.2 Å². The average Bonchev–Trinajstić information content (AvgIpc) is 3.20. The van der Waals surface area contributed by atoms with Crippen LogP contribution in [0.15, 0.2) is 43.0 Å². The molecule has 174 valence electrons. The maximum atomic E-state index is 13.0. The van der Waals surface area contributed by atoms with E-state index in [1.54, 1.807) is 19.3 Å². The molecule has 1 amide bonds. The highest BCUT2D eigenvalue weighted by Crippen LogP contribution is 2.38. The molecule has 0 radical (unpaired) electrons. The Balaban J connectivity index is 1.77. The predicted molar refractivity (Wildman–Crippen MR) is 104 cm³/mol. The molecule has 2 aromatic heterocycles. The molecular weight excluding hydrogens is 454 g/mol. The van der Waals surface area contributed by atoms with Crippen molar-refractivity contribution < 1.29 is 31.1 Å². The Labute approximate surface area is 183 Å². The van der Waals surface area contributed by atoms with Crippen LogP contribution in [0.2, 0.25) is 0 Å². The first-order valence-electron chi connectivity index (χ1n) is 9.31. The second-order valence-electron chi connectivity index (χ2n) is 7.01. The van der Waals surface area contributed by atoms with Crippen LogP contribution in [0.4, 0.5) is 26.3 Å². The lowest BCUT2D eigenvalue weighted by atomic mass is 10.0. The Morgan fingerprint density at radius 2 is 1.58 bits per heavy atom. The predicted octanol–water partition coefficient (Wildman–Crippen LogP) is 4.43. The van der Waals surface area contributed by atoms with Crippen LogP contribution in [0.1, 0.15) is 35.5 Å². The highest BCUT2D eigenvalue weighted by atomic mass is 19.4. The number of rotatable bonds is 5. The van der Waals surface area contributed by atoms with Crippen molar-refractivity contribution in [3.63, 3.8) is 0 Å². The van der Waals surface area contributed by atoms with E-state index in [0.29, 0.717) is 18.0 Å². The highest BCUT2D eigenvalue weighted by molar-refractivity contribution is 5.90. The van der Waals surface area contributed by atoms with Crippen LogP contribution in [0.25, 0.3) is 17.6 Å². The Hall–Kier alpha value is -3.77. The van der Waals surface area contributed by atoms with Gasteiger partial charge >= 0.3 is 12.4 Å². The normalized spacial score (nSPS) is 13.3. The molecule has 0 saturated heterocycles. The van der Waals surface area contributed by atoms with Crippen LogP contribution in [0.5, 0.6) is 0 Å². The minimum atomic E-state index is -4.99. The van der Waals surface area contributed by atoms with E-state index in [9.17, 15) is 31.1 Å². The topological polar surface area (TPSA) is 85.6 Å². The minimum absolute atomic E-state index is 0.0175. The van der Waals surface area contributed by atoms with Gasteiger partial charge in [0.2, 0.25) is 5.91 Å². The monoisotopic (exact) mass is 470 g/mol. The fraction of sp³-hybridized carbons (Fsp3) is 0.250. The lowest BCUT2D eigenvalue weighted by Crippen LogP contribution is -2.26. The molecule has 3 rings (SSSR count). The van der Waals surface area contributed by atoms with Crippen molar-refractivity contribution >= 4 is 12.1 Å². The number of nitrogens with one attached hydrogen (secondary N) is 1. The summed E-state index contributed by atoms with van der Waals surface area (Å²) in [7, 11) is 0. The Morgan fingerprint density at radius 1 is 1.00 bits per heavy atom. The third-order valence-electron chi connectivity index (χ3n) is 4.28. The first-order chi connectivity index (χ1) is 15.3. The number of halogens is 6. The molecule has 1 atom stereocenters. The van der Waals surface area contributed by atoms with Crippen molar-refractivity contribution in [1.29, 1.82) is 0 Å². The smallest absolute Gasteiger partial charge is 0.343 e. The lowest BCUT2D eigenvalue weighted by molar-refractivity contribution is -0.143. The van der Waals surface area contributed by atoms with Crippen LogP contribution < -0.4 is 5.32 Å². The molecule has 0 bridgehead atoms. The molecule has 1 N–H and O–H groups in total. The molecule has 0 aliphatic rings. The fourth-order valence-corrected chi connectivity index (χ4v) is 2.66. The van der Waals surface area contributed by atoms with Gasteiger partial charge in [0.25, 0.3) is 0 Å². The molecule has 1 aromatic carbocycles. The van der Waals surface area contributed by atoms with Crippen LogP contribution in [0, 0.1) is 6.92 Å². The molecular formula is C20H16F6N6O. The SMILES string of the molecule is Cc1cnc(C(C)NC(=O)/C=C\n2cnc(-c3cc(C(F)(F)F)cc(C(F)(F)F)c3)n2)nc1. The van der Waals surface area contributed by atoms with Gasteiger partial charge in [0.05, 0.1) is 17.2 Å². The zero-order chi connectivity index (χ0) is 24.4. The number of alkyl halides is 6. The number of nitrogens with zero attached hydrogens (tertiary/aromatic N) is 5. The van der Waals surface area contributed by atoms with Gasteiger partial charge in [-0.15, -0.1) is 5.10 Å². The maximum absolute atomic E-state index is 13.0. The van der Waals surface area contributed by atoms with E-state index in [4.69, 9.17) is 0 Å². The zero-order valence-corrected chi connectivity index (χ0v) is 17.1. The molecule has 0 spiro atoms. The standard InChI is InChI=1S/C20H16F6N6O/c1-11-8-27-17(28-9-11)12(2)30-16(33)3-4-32-10-29-18(31-32)13-5-14(19(21,22)23)7-15(6-13)20(24,25)26/h3-10,12H,1-2H3,(H,30,33)/b4-3-. The number of benzene rings is 1. The zero-order valence-electron chi connectivity index (χ0n) is 17.1. The van der Waals surface area contributed by atoms with Crippen molar-refractivity contribution in [3.8, 4) is 11.4 Å². The van der Waals surface area contributed by atoms with Crippen molar-refractivity contribution in [3.05, 3.63) is 65.5 Å². The van der Waals surface area contributed by atoms with Gasteiger partial charge in [-0.25, -0.2) is 19.6 Å². The Bertz CT molecular complexity index is 1130. The van der Waals surface area contributed by atoms with Crippen LogP contribution in [-0.2, 0) is 17.1 Å². The summed E-state index contributed by atoms with van der Waals surface area (Å²) in [6.45, 7) is 3.47. The highest BCUT2D eigenvalue weighted by Gasteiger charge is 2.37. The summed E-state index contributed by atoms with van der Waals surface area (Å²) in [5.41, 5.74) is -2.59. The van der Waals surface area contributed by atoms with Gasteiger partial charge in [-0.05, 0) is 37.6 Å². The summed E-state index contributed by atoms with van der Waals surface area (Å²) in [5.74, 6) is -0.546. The van der Waals surface area contributed by atoms with Gasteiger partial charge in [-0.1, -0.05) is 0 Å². The third-order valence-corrected chi connectivity index (χ3v) is 4.28. The number of carbonyl (C=O) groups is 1. The summed E-state index contributed by atoms with van der Waals surface area (Å²) in [5, 5.41) is 6.44. The van der Waals surface area contributed by atoms with E-state index >= 15 is 0 Å². The number of aryl methyl sites for hydroxylation is 1. The summed E-state index contributed by atoms with van der Waals surface area (Å²) in [6, 6.07) is 0.548. The molecule has 1 unspecified atom stereocenters. The Morgan fingerprint density at radius 3 is 2.12 bits per heavy atom. The second kappa shape index (κ2) is 9.00. The van der Waals surface area contributed by atoms with Crippen molar-refractivity contribution in [2.45, 2.75) is 32.2 Å². The first-order valence-corrected chi connectivity index (χ1v) is 9.31. The number of amides is 1. The quantitative estimate of drug-likeness (QED) is 0.441. The number of hydrogen-bond acceptors (Lipinski definition) is 5. The van der Waals surface area contributed by atoms with Crippen molar-refractivity contribution in [1.82, 2.24) is 30.0 Å². The summed E-state index contributed by atoms with van der Waals surface area (Å²) in [6.07, 6.45) is -3.54. The first kappa shape index (κ1) is 23.9. The molecule has 7 nitrogen and oxygen atoms in total. The van der Waals surface area contributed by atoms with E-state index in [0.717, 1.165) is 28.8 Å². The van der Waals surface area contributed by atoms with Gasteiger partial charge in [0.1, 0.15) is 12.2 Å². The molecule has 0 aliphatic carbocycles. The molecule has 0 saturated carbocycles. The molecule has 33 heavy (non-hydrogen) atoms. The second-order valence-corrected chi connectivity index (χ2v) is 7.01. The number of aromatic nitrogens is 5. The van der Waals surface area contributed by atoms with Crippen molar-refractivity contribution in [2.75, 3.05) is 0 Å².